The summed E-state index contributed by atoms with van der Waals surface area (Å²) in [5.41, 5.74) is 0. The summed E-state index contributed by atoms with van der Waals surface area (Å²) in [4.78, 5) is 49.3. The van der Waals surface area contributed by atoms with E-state index in [1.54, 1.807) is 29.8 Å². The molecule has 0 aliphatic rings. The van der Waals surface area contributed by atoms with Crippen molar-refractivity contribution in [3.05, 3.63) is 0 Å². The highest BCUT2D eigenvalue weighted by Crippen LogP contribution is 1.95. The first-order valence-electron chi connectivity index (χ1n) is 10.4. The quantitative estimate of drug-likeness (QED) is 0.107. The Morgan fingerprint density at radius 2 is 1.16 bits per heavy atom. The van der Waals surface area contributed by atoms with Crippen molar-refractivity contribution in [3.63, 3.8) is 0 Å². The van der Waals surface area contributed by atoms with Gasteiger partial charge in [0.1, 0.15) is 11.9 Å². The van der Waals surface area contributed by atoms with Gasteiger partial charge >= 0.3 is 17.9 Å². The topological polar surface area (TPSA) is 121 Å². The Morgan fingerprint density at radius 1 is 0.719 bits per heavy atom. The molecule has 0 radical (unpaired) electrons. The Morgan fingerprint density at radius 3 is 1.56 bits per heavy atom. The lowest BCUT2D eigenvalue weighted by Gasteiger charge is -2.20. The molecule has 0 unspecified atom stereocenters. The Hall–Kier alpha value is -2.52. The van der Waals surface area contributed by atoms with Crippen molar-refractivity contribution in [2.75, 3.05) is 78.9 Å². The molecule has 32 heavy (non-hydrogen) atoms. The summed E-state index contributed by atoms with van der Waals surface area (Å²) in [6, 6.07) is 0. The largest absolute Gasteiger partial charge is 0.465 e. The minimum absolute atomic E-state index is 0.0411. The minimum Gasteiger partial charge on any atom is -0.465 e. The molecule has 0 aromatic heterocycles. The van der Waals surface area contributed by atoms with Gasteiger partial charge in [0.25, 0.3) is 0 Å². The zero-order valence-corrected chi connectivity index (χ0v) is 19.1. The van der Waals surface area contributed by atoms with Crippen LogP contribution in [0.4, 0.5) is 0 Å². The van der Waals surface area contributed by atoms with E-state index in [4.69, 9.17) is 25.4 Å². The molecular weight excluding hydrogens is 424 g/mol. The van der Waals surface area contributed by atoms with Crippen LogP contribution in [0.25, 0.3) is 0 Å². The van der Waals surface area contributed by atoms with Crippen molar-refractivity contribution < 1.29 is 42.9 Å². The first-order chi connectivity index (χ1) is 15.3. The third-order valence-corrected chi connectivity index (χ3v) is 3.76. The summed E-state index contributed by atoms with van der Waals surface area (Å²) in [6.07, 6.45) is 6.71. The molecule has 0 bridgehead atoms. The number of ether oxygens (including phenoxy) is 5. The zero-order chi connectivity index (χ0) is 24.2. The summed E-state index contributed by atoms with van der Waals surface area (Å²) in [7, 11) is 0. The van der Waals surface area contributed by atoms with Gasteiger partial charge in [-0.3, -0.25) is 24.2 Å². The van der Waals surface area contributed by atoms with Gasteiger partial charge in [0.2, 0.25) is 0 Å². The number of rotatable bonds is 19. The van der Waals surface area contributed by atoms with E-state index in [9.17, 15) is 19.2 Å². The molecule has 0 N–H and O–H groups in total. The maximum atomic E-state index is 11.7. The Kier molecular flexibility index (Phi) is 17.7. The molecule has 0 heterocycles. The minimum atomic E-state index is -0.618. The molecule has 0 aliphatic heterocycles. The van der Waals surface area contributed by atoms with Crippen LogP contribution >= 0.6 is 0 Å². The molecule has 11 nitrogen and oxygen atoms in total. The summed E-state index contributed by atoms with van der Waals surface area (Å²) in [5.74, 6) is -1.58. The van der Waals surface area contributed by atoms with Crippen LogP contribution in [0.2, 0.25) is 0 Å². The van der Waals surface area contributed by atoms with Crippen molar-refractivity contribution in [2.45, 2.75) is 20.8 Å². The van der Waals surface area contributed by atoms with Gasteiger partial charge in [-0.2, -0.15) is 0 Å². The first-order valence-corrected chi connectivity index (χ1v) is 10.4. The van der Waals surface area contributed by atoms with Crippen molar-refractivity contribution in [3.8, 4) is 12.5 Å². The lowest BCUT2D eigenvalue weighted by Crippen LogP contribution is -2.38. The van der Waals surface area contributed by atoms with Crippen molar-refractivity contribution in [2.24, 2.45) is 0 Å². The molecule has 0 spiro atoms. The Labute approximate surface area is 189 Å². The molecular formula is C21H34N2O9. The number of hydrogen-bond donors (Lipinski definition) is 0. The Bertz CT molecular complexity index is 599. The van der Waals surface area contributed by atoms with Gasteiger partial charge in [-0.25, -0.2) is 4.79 Å². The maximum absolute atomic E-state index is 11.7. The monoisotopic (exact) mass is 458 g/mol. The van der Waals surface area contributed by atoms with Crippen LogP contribution in [-0.4, -0.2) is 112 Å². The van der Waals surface area contributed by atoms with Crippen LogP contribution in [0.5, 0.6) is 0 Å². The summed E-state index contributed by atoms with van der Waals surface area (Å²) >= 11 is 0. The molecule has 0 amide bonds. The third-order valence-electron chi connectivity index (χ3n) is 3.76. The number of esters is 3. The maximum Gasteiger partial charge on any atom is 0.334 e. The van der Waals surface area contributed by atoms with Gasteiger partial charge in [-0.15, -0.1) is 0 Å². The number of carbonyl (C=O) groups is 4. The average molecular weight is 459 g/mol. The summed E-state index contributed by atoms with van der Waals surface area (Å²) in [5, 5.41) is 0. The molecule has 0 aromatic rings. The predicted octanol–water partition coefficient (Wildman–Crippen LogP) is -0.527. The number of Topliss-reactive ketones (excluding diaryl/α,β-unsaturated/α-hetero) is 1. The standard InChI is InChI=1S/C21H34N2O9/c1-5-30-19(25)15-22(14-18(4)24)8-10-28-12-13-29-11-9-23(16-20(26)31-6-2)17-21(27)32-7-3/h1H,6-17H2,2-4H3. The second kappa shape index (κ2) is 19.2. The van der Waals surface area contributed by atoms with Crippen LogP contribution in [0.1, 0.15) is 20.8 Å². The fourth-order valence-electron chi connectivity index (χ4n) is 2.51. The molecule has 0 fully saturated rings. The highest BCUT2D eigenvalue weighted by molar-refractivity contribution is 5.79. The summed E-state index contributed by atoms with van der Waals surface area (Å²) < 4.78 is 25.2. The SMILES string of the molecule is C#COC(=O)CN(CCOCCOCCN(CC(=O)OCC)CC(=O)OCC)CC(C)=O. The second-order valence-corrected chi connectivity index (χ2v) is 6.55. The van der Waals surface area contributed by atoms with E-state index in [2.05, 4.69) is 4.74 Å². The van der Waals surface area contributed by atoms with Crippen LogP contribution in [-0.2, 0) is 42.9 Å². The molecule has 0 rings (SSSR count). The van der Waals surface area contributed by atoms with Gasteiger partial charge in [0.15, 0.2) is 0 Å². The molecule has 11 heteroatoms. The fraction of sp³-hybridized carbons (Fsp3) is 0.714. The molecule has 182 valence electrons. The highest BCUT2D eigenvalue weighted by Gasteiger charge is 2.16. The van der Waals surface area contributed by atoms with Gasteiger partial charge in [0, 0.05) is 13.1 Å². The molecule has 0 aliphatic carbocycles. The van der Waals surface area contributed by atoms with Crippen LogP contribution < -0.4 is 0 Å². The number of nitrogens with zero attached hydrogens (tertiary/aromatic N) is 2. The molecule has 0 saturated heterocycles. The molecule has 0 saturated carbocycles. The van der Waals surface area contributed by atoms with Crippen LogP contribution in [0.15, 0.2) is 0 Å². The third kappa shape index (κ3) is 17.2. The smallest absolute Gasteiger partial charge is 0.334 e. The van der Waals surface area contributed by atoms with E-state index in [0.29, 0.717) is 26.3 Å². The van der Waals surface area contributed by atoms with Crippen LogP contribution in [0, 0.1) is 12.5 Å². The lowest BCUT2D eigenvalue weighted by molar-refractivity contribution is -0.148. The number of hydrogen-bond acceptors (Lipinski definition) is 11. The predicted molar refractivity (Wildman–Crippen MR) is 113 cm³/mol. The fourth-order valence-corrected chi connectivity index (χ4v) is 2.51. The second-order valence-electron chi connectivity index (χ2n) is 6.55. The number of ketones is 1. The zero-order valence-electron chi connectivity index (χ0n) is 19.1. The van der Waals surface area contributed by atoms with E-state index in [-0.39, 0.29) is 58.4 Å². The molecule has 0 atom stereocenters. The van der Waals surface area contributed by atoms with E-state index in [1.807, 2.05) is 0 Å². The number of terminal acetylenes is 1. The van der Waals surface area contributed by atoms with E-state index >= 15 is 0 Å². The average Bonchev–Trinajstić information content (AvgIpc) is 2.69. The van der Waals surface area contributed by atoms with Crippen molar-refractivity contribution in [1.29, 1.82) is 0 Å². The first kappa shape index (κ1) is 29.5. The summed E-state index contributed by atoms with van der Waals surface area (Å²) in [6.45, 7) is 7.04. The normalized spacial score (nSPS) is 10.6. The van der Waals surface area contributed by atoms with Crippen LogP contribution in [0.3, 0.4) is 0 Å². The highest BCUT2D eigenvalue weighted by atomic mass is 16.5. The molecule has 0 aromatic carbocycles. The van der Waals surface area contributed by atoms with Gasteiger partial charge < -0.3 is 23.7 Å². The van der Waals surface area contributed by atoms with E-state index in [0.717, 1.165) is 0 Å². The lowest BCUT2D eigenvalue weighted by atomic mass is 10.3. The van der Waals surface area contributed by atoms with Crippen molar-refractivity contribution >= 4 is 23.7 Å². The van der Waals surface area contributed by atoms with E-state index < -0.39 is 17.9 Å². The van der Waals surface area contributed by atoms with Gasteiger partial charge in [-0.1, -0.05) is 6.42 Å². The van der Waals surface area contributed by atoms with E-state index in [1.165, 1.54) is 6.92 Å². The van der Waals surface area contributed by atoms with Gasteiger partial charge in [0.05, 0.1) is 65.8 Å². The Balaban J connectivity index is 4.16. The number of carbonyl (C=O) groups excluding carboxylic acids is 4. The van der Waals surface area contributed by atoms with Gasteiger partial charge in [-0.05, 0) is 20.8 Å². The van der Waals surface area contributed by atoms with Crippen molar-refractivity contribution in [1.82, 2.24) is 9.80 Å².